The van der Waals surface area contributed by atoms with Gasteiger partial charge < -0.3 is 9.80 Å². The summed E-state index contributed by atoms with van der Waals surface area (Å²) in [4.78, 5) is 4.59. The Morgan fingerprint density at radius 1 is 0.362 bits per heavy atom. The lowest BCUT2D eigenvalue weighted by Crippen LogP contribution is -2.14. The van der Waals surface area contributed by atoms with Crippen molar-refractivity contribution in [3.63, 3.8) is 0 Å². The molecule has 7 aromatic carbocycles. The van der Waals surface area contributed by atoms with Gasteiger partial charge in [0, 0.05) is 52.7 Å². The lowest BCUT2D eigenvalue weighted by molar-refractivity contribution is 1.26. The van der Waals surface area contributed by atoms with Crippen molar-refractivity contribution in [3.05, 3.63) is 169 Å². The first-order valence-corrected chi connectivity index (χ1v) is 17.6. The van der Waals surface area contributed by atoms with E-state index in [-0.39, 0.29) is 0 Å². The van der Waals surface area contributed by atoms with E-state index in [0.29, 0.717) is 5.02 Å². The molecule has 2 aromatic heterocycles. The molecule has 0 aliphatic heterocycles. The third kappa shape index (κ3) is 4.76. The molecule has 2 nitrogen and oxygen atoms in total. The molecule has 0 amide bonds. The molecule has 0 N–H and O–H groups in total. The smallest absolute Gasteiger partial charge is 0.0887 e. The van der Waals surface area contributed by atoms with Gasteiger partial charge in [0.15, 0.2) is 0 Å². The molecule has 0 spiro atoms. The van der Waals surface area contributed by atoms with E-state index in [4.69, 9.17) is 11.6 Å². The average Bonchev–Trinajstić information content (AvgIpc) is 3.70. The zero-order valence-electron chi connectivity index (χ0n) is 25.2. The minimum absolute atomic E-state index is 0.675. The van der Waals surface area contributed by atoms with Crippen molar-refractivity contribution in [2.45, 2.75) is 0 Å². The Bertz CT molecular complexity index is 2550. The van der Waals surface area contributed by atoms with Crippen molar-refractivity contribution in [2.75, 3.05) is 9.80 Å². The SMILES string of the molecule is Clc1c(N(c2ccccc2)c2ccc3sc4ccccc4c3c2)cccc1N(c1ccccc1)c1cccc2c1sc1ccccc12. The summed E-state index contributed by atoms with van der Waals surface area (Å²) in [5.74, 6) is 0. The predicted molar refractivity (Wildman–Crippen MR) is 207 cm³/mol. The molecular weight excluding hydrogens is 632 g/mol. The Labute approximate surface area is 285 Å². The summed E-state index contributed by atoms with van der Waals surface area (Å²) in [7, 11) is 0. The van der Waals surface area contributed by atoms with Crippen molar-refractivity contribution in [2.24, 2.45) is 0 Å². The fourth-order valence-corrected chi connectivity index (χ4v) is 9.19. The first kappa shape index (κ1) is 28.1. The number of benzene rings is 7. The Morgan fingerprint density at radius 3 is 1.60 bits per heavy atom. The number of anilines is 6. The van der Waals surface area contributed by atoms with Crippen molar-refractivity contribution in [3.8, 4) is 0 Å². The summed E-state index contributed by atoms with van der Waals surface area (Å²) in [6.45, 7) is 0. The minimum Gasteiger partial charge on any atom is -0.309 e. The number of hydrogen-bond donors (Lipinski definition) is 0. The summed E-state index contributed by atoms with van der Waals surface area (Å²) >= 11 is 11.3. The molecule has 9 rings (SSSR count). The first-order chi connectivity index (χ1) is 23.2. The summed E-state index contributed by atoms with van der Waals surface area (Å²) < 4.78 is 5.07. The largest absolute Gasteiger partial charge is 0.309 e. The van der Waals surface area contributed by atoms with Gasteiger partial charge in [-0.15, -0.1) is 22.7 Å². The first-order valence-electron chi connectivity index (χ1n) is 15.5. The number of rotatable bonds is 6. The third-order valence-electron chi connectivity index (χ3n) is 8.71. The second-order valence-electron chi connectivity index (χ2n) is 11.5. The van der Waals surface area contributed by atoms with Gasteiger partial charge in [0.05, 0.1) is 26.8 Å². The number of para-hydroxylation sites is 2. The molecule has 0 bridgehead atoms. The molecule has 0 radical (unpaired) electrons. The van der Waals surface area contributed by atoms with Crippen LogP contribution in [0.1, 0.15) is 0 Å². The van der Waals surface area contributed by atoms with Crippen LogP contribution in [-0.2, 0) is 0 Å². The highest BCUT2D eigenvalue weighted by Gasteiger charge is 2.24. The molecule has 0 saturated heterocycles. The molecule has 2 heterocycles. The van der Waals surface area contributed by atoms with Gasteiger partial charge in [0.2, 0.25) is 0 Å². The molecule has 0 saturated carbocycles. The molecule has 0 unspecified atom stereocenters. The Hall–Kier alpha value is -5.13. The summed E-state index contributed by atoms with van der Waals surface area (Å²) in [5.41, 5.74) is 6.09. The van der Waals surface area contributed by atoms with E-state index in [9.17, 15) is 0 Å². The van der Waals surface area contributed by atoms with Crippen LogP contribution in [0.3, 0.4) is 0 Å². The summed E-state index contributed by atoms with van der Waals surface area (Å²) in [6.07, 6.45) is 0. The highest BCUT2D eigenvalue weighted by atomic mass is 35.5. The van der Waals surface area contributed by atoms with E-state index in [1.807, 2.05) is 22.7 Å². The van der Waals surface area contributed by atoms with Crippen LogP contribution in [0.2, 0.25) is 5.02 Å². The summed E-state index contributed by atoms with van der Waals surface area (Å²) in [6, 6.07) is 58.0. The number of halogens is 1. The van der Waals surface area contributed by atoms with E-state index >= 15 is 0 Å². The van der Waals surface area contributed by atoms with Crippen LogP contribution in [0.5, 0.6) is 0 Å². The number of fused-ring (bicyclic) bond motifs is 6. The second-order valence-corrected chi connectivity index (χ2v) is 14.0. The van der Waals surface area contributed by atoms with Crippen LogP contribution in [0, 0.1) is 0 Å². The lowest BCUT2D eigenvalue weighted by atomic mass is 10.1. The van der Waals surface area contributed by atoms with Crippen LogP contribution < -0.4 is 9.80 Å². The normalized spacial score (nSPS) is 11.5. The van der Waals surface area contributed by atoms with E-state index in [1.54, 1.807) is 0 Å². The van der Waals surface area contributed by atoms with Crippen molar-refractivity contribution in [1.29, 1.82) is 0 Å². The highest BCUT2D eigenvalue weighted by Crippen LogP contribution is 2.50. The maximum absolute atomic E-state index is 7.64. The second kappa shape index (κ2) is 11.6. The van der Waals surface area contributed by atoms with Gasteiger partial charge in [-0.1, -0.05) is 103 Å². The molecule has 5 heteroatoms. The third-order valence-corrected chi connectivity index (χ3v) is 11.5. The van der Waals surface area contributed by atoms with E-state index in [0.717, 1.165) is 34.1 Å². The molecular formula is C42H27ClN2S2. The molecule has 0 atom stereocenters. The van der Waals surface area contributed by atoms with Crippen LogP contribution in [0.4, 0.5) is 34.1 Å². The topological polar surface area (TPSA) is 6.48 Å². The maximum Gasteiger partial charge on any atom is 0.0887 e. The van der Waals surface area contributed by atoms with Crippen LogP contribution in [0.15, 0.2) is 164 Å². The quantitative estimate of drug-likeness (QED) is 0.175. The van der Waals surface area contributed by atoms with Crippen molar-refractivity contribution >= 4 is 109 Å². The van der Waals surface area contributed by atoms with Gasteiger partial charge >= 0.3 is 0 Å². The van der Waals surface area contributed by atoms with Crippen LogP contribution >= 0.6 is 34.3 Å². The fraction of sp³-hybridized carbons (Fsp3) is 0. The monoisotopic (exact) mass is 658 g/mol. The van der Waals surface area contributed by atoms with Gasteiger partial charge in [-0.05, 0) is 72.8 Å². The van der Waals surface area contributed by atoms with E-state index < -0.39 is 0 Å². The molecule has 0 aliphatic carbocycles. The van der Waals surface area contributed by atoms with E-state index in [1.165, 1.54) is 40.3 Å². The Kier molecular flexibility index (Phi) is 6.93. The van der Waals surface area contributed by atoms with Gasteiger partial charge in [0.1, 0.15) is 0 Å². The number of thiophene rings is 2. The lowest BCUT2D eigenvalue weighted by Gasteiger charge is -2.31. The van der Waals surface area contributed by atoms with Gasteiger partial charge in [-0.3, -0.25) is 0 Å². The summed E-state index contributed by atoms with van der Waals surface area (Å²) in [5, 5.41) is 5.72. The molecule has 224 valence electrons. The minimum atomic E-state index is 0.675. The molecule has 47 heavy (non-hydrogen) atoms. The number of hydrogen-bond acceptors (Lipinski definition) is 4. The van der Waals surface area contributed by atoms with Gasteiger partial charge in [-0.2, -0.15) is 0 Å². The maximum atomic E-state index is 7.64. The van der Waals surface area contributed by atoms with Gasteiger partial charge in [-0.25, -0.2) is 0 Å². The van der Waals surface area contributed by atoms with Crippen LogP contribution in [0.25, 0.3) is 40.3 Å². The average molecular weight is 659 g/mol. The predicted octanol–water partition coefficient (Wildman–Crippen LogP) is 14.0. The molecule has 0 aliphatic rings. The fourth-order valence-electron chi connectivity index (χ4n) is 6.60. The van der Waals surface area contributed by atoms with Crippen LogP contribution in [-0.4, -0.2) is 0 Å². The van der Waals surface area contributed by atoms with Gasteiger partial charge in [0.25, 0.3) is 0 Å². The Morgan fingerprint density at radius 2 is 0.872 bits per heavy atom. The zero-order valence-corrected chi connectivity index (χ0v) is 27.6. The number of nitrogens with zero attached hydrogens (tertiary/aromatic N) is 2. The standard InChI is InChI=1S/C42H27ClN2S2/c43-41-35(44(28-13-3-1-4-14-28)30-25-26-40-34(27-30)32-18-8-9-23-38(32)46-40)20-12-21-36(41)45(29-15-5-2-6-16-29)37-22-11-19-33-31-17-7-10-24-39(31)47-42(33)37/h1-27H. The Balaban J connectivity index is 1.27. The highest BCUT2D eigenvalue weighted by molar-refractivity contribution is 7.26. The molecule has 9 aromatic rings. The van der Waals surface area contributed by atoms with Crippen molar-refractivity contribution < 1.29 is 0 Å². The van der Waals surface area contributed by atoms with E-state index in [2.05, 4.69) is 174 Å². The van der Waals surface area contributed by atoms with Crippen molar-refractivity contribution in [1.82, 2.24) is 0 Å². The molecule has 0 fully saturated rings. The zero-order chi connectivity index (χ0) is 31.3.